The van der Waals surface area contributed by atoms with Gasteiger partial charge in [0.25, 0.3) is 0 Å². The highest BCUT2D eigenvalue weighted by Gasteiger charge is 2.21. The summed E-state index contributed by atoms with van der Waals surface area (Å²) in [4.78, 5) is 0. The van der Waals surface area contributed by atoms with Crippen molar-refractivity contribution in [3.8, 4) is 0 Å². The Bertz CT molecular complexity index is 650. The van der Waals surface area contributed by atoms with E-state index in [1.54, 1.807) is 15.0 Å². The van der Waals surface area contributed by atoms with E-state index >= 15 is 0 Å². The van der Waals surface area contributed by atoms with E-state index in [1.807, 2.05) is 91.0 Å². The minimum absolute atomic E-state index is 0.489. The molecule has 108 valence electrons. The SMILES string of the molecule is [B](OB(O[B]c1ccccc1)c1ccccc1)c1ccccc1. The topological polar surface area (TPSA) is 18.5 Å². The third-order valence-electron chi connectivity index (χ3n) is 3.33. The smallest absolute Gasteiger partial charge is 0.462 e. The van der Waals surface area contributed by atoms with Gasteiger partial charge in [-0.15, -0.1) is 0 Å². The molecular formula is C18H15B3O2. The van der Waals surface area contributed by atoms with E-state index in [-0.39, 0.29) is 0 Å². The highest BCUT2D eigenvalue weighted by molar-refractivity contribution is 6.73. The molecule has 0 aliphatic heterocycles. The molecule has 3 rings (SSSR count). The van der Waals surface area contributed by atoms with Gasteiger partial charge in [0, 0.05) is 0 Å². The lowest BCUT2D eigenvalue weighted by molar-refractivity contribution is 0.480. The lowest BCUT2D eigenvalue weighted by atomic mass is 9.71. The van der Waals surface area contributed by atoms with Crippen LogP contribution in [-0.2, 0) is 9.14 Å². The van der Waals surface area contributed by atoms with E-state index in [4.69, 9.17) is 9.14 Å². The minimum atomic E-state index is -0.489. The van der Waals surface area contributed by atoms with Gasteiger partial charge in [-0.2, -0.15) is 0 Å². The summed E-state index contributed by atoms with van der Waals surface area (Å²) in [6, 6.07) is 29.7. The molecule has 5 heteroatoms. The van der Waals surface area contributed by atoms with Gasteiger partial charge in [-0.1, -0.05) is 102 Å². The molecule has 2 nitrogen and oxygen atoms in total. The maximum atomic E-state index is 5.86. The molecule has 0 heterocycles. The second-order valence-electron chi connectivity index (χ2n) is 5.07. The van der Waals surface area contributed by atoms with Crippen LogP contribution in [0.4, 0.5) is 0 Å². The van der Waals surface area contributed by atoms with Gasteiger partial charge in [0.2, 0.25) is 0 Å². The lowest BCUT2D eigenvalue weighted by Crippen LogP contribution is -2.43. The van der Waals surface area contributed by atoms with Crippen LogP contribution in [0, 0.1) is 0 Å². The van der Waals surface area contributed by atoms with Crippen LogP contribution in [-0.4, -0.2) is 22.1 Å². The standard InChI is InChI=1S/C18H15B3O2/c1-4-10-16(11-5-1)19-22-21(18-14-8-3-9-15-18)23-20-17-12-6-2-7-13-17/h1-15H. The summed E-state index contributed by atoms with van der Waals surface area (Å²) < 4.78 is 11.7. The van der Waals surface area contributed by atoms with Crippen LogP contribution in [0.3, 0.4) is 0 Å². The Morgan fingerprint density at radius 1 is 0.522 bits per heavy atom. The average molecular weight is 296 g/mol. The molecule has 0 aromatic heterocycles. The quantitative estimate of drug-likeness (QED) is 0.612. The molecule has 0 amide bonds. The number of rotatable bonds is 7. The van der Waals surface area contributed by atoms with Gasteiger partial charge in [0.15, 0.2) is 0 Å². The maximum absolute atomic E-state index is 5.86. The zero-order valence-electron chi connectivity index (χ0n) is 12.7. The van der Waals surface area contributed by atoms with Crippen molar-refractivity contribution in [2.45, 2.75) is 0 Å². The molecule has 0 bridgehead atoms. The molecule has 0 aliphatic carbocycles. The van der Waals surface area contributed by atoms with Gasteiger partial charge >= 0.3 is 22.1 Å². The first-order valence-electron chi connectivity index (χ1n) is 7.54. The van der Waals surface area contributed by atoms with Crippen LogP contribution in [0.1, 0.15) is 0 Å². The molecular weight excluding hydrogens is 281 g/mol. The monoisotopic (exact) mass is 296 g/mol. The van der Waals surface area contributed by atoms with Crippen molar-refractivity contribution < 1.29 is 9.14 Å². The summed E-state index contributed by atoms with van der Waals surface area (Å²) in [5.74, 6) is 0. The molecule has 23 heavy (non-hydrogen) atoms. The Labute approximate surface area is 139 Å². The van der Waals surface area contributed by atoms with Crippen molar-refractivity contribution in [2.75, 3.05) is 0 Å². The molecule has 0 fully saturated rings. The maximum Gasteiger partial charge on any atom is 0.462 e. The molecule has 2 radical (unpaired) electrons. The summed E-state index contributed by atoms with van der Waals surface area (Å²) in [6.45, 7) is 0. The fourth-order valence-corrected chi connectivity index (χ4v) is 2.14. The van der Waals surface area contributed by atoms with E-state index in [1.165, 1.54) is 0 Å². The zero-order chi connectivity index (χ0) is 15.7. The summed E-state index contributed by atoms with van der Waals surface area (Å²) in [5.41, 5.74) is 2.96. The van der Waals surface area contributed by atoms with Crippen LogP contribution >= 0.6 is 0 Å². The Morgan fingerprint density at radius 2 is 0.913 bits per heavy atom. The molecule has 0 aliphatic rings. The first-order chi connectivity index (χ1) is 11.4. The van der Waals surface area contributed by atoms with E-state index in [0.717, 1.165) is 16.4 Å². The zero-order valence-corrected chi connectivity index (χ0v) is 12.7. The number of hydrogen-bond donors (Lipinski definition) is 0. The van der Waals surface area contributed by atoms with Gasteiger partial charge in [0.05, 0.1) is 0 Å². The van der Waals surface area contributed by atoms with Gasteiger partial charge in [0.1, 0.15) is 0 Å². The summed E-state index contributed by atoms with van der Waals surface area (Å²) >= 11 is 0. The van der Waals surface area contributed by atoms with Crippen molar-refractivity contribution in [1.29, 1.82) is 0 Å². The van der Waals surface area contributed by atoms with E-state index in [9.17, 15) is 0 Å². The molecule has 0 saturated carbocycles. The van der Waals surface area contributed by atoms with E-state index in [0.29, 0.717) is 0 Å². The largest absolute Gasteiger partial charge is 0.471 e. The highest BCUT2D eigenvalue weighted by atomic mass is 16.5. The summed E-state index contributed by atoms with van der Waals surface area (Å²) in [6.07, 6.45) is 0. The Balaban J connectivity index is 1.66. The molecule has 0 spiro atoms. The summed E-state index contributed by atoms with van der Waals surface area (Å²) in [5, 5.41) is 0. The van der Waals surface area contributed by atoms with Crippen LogP contribution in [0.2, 0.25) is 0 Å². The van der Waals surface area contributed by atoms with Crippen molar-refractivity contribution >= 4 is 38.5 Å². The third-order valence-corrected chi connectivity index (χ3v) is 3.33. The molecule has 3 aromatic carbocycles. The Morgan fingerprint density at radius 3 is 1.35 bits per heavy atom. The van der Waals surface area contributed by atoms with Crippen LogP contribution in [0.5, 0.6) is 0 Å². The third kappa shape index (κ3) is 4.88. The van der Waals surface area contributed by atoms with Gasteiger partial charge in [-0.05, 0) is 5.46 Å². The van der Waals surface area contributed by atoms with Gasteiger partial charge in [-0.25, -0.2) is 0 Å². The molecule has 0 atom stereocenters. The molecule has 0 unspecified atom stereocenters. The van der Waals surface area contributed by atoms with Crippen molar-refractivity contribution in [3.05, 3.63) is 91.0 Å². The van der Waals surface area contributed by atoms with Gasteiger partial charge in [-0.3, -0.25) is 0 Å². The second kappa shape index (κ2) is 8.42. The Hall–Kier alpha value is -2.23. The second-order valence-corrected chi connectivity index (χ2v) is 5.07. The van der Waals surface area contributed by atoms with Crippen molar-refractivity contribution in [3.63, 3.8) is 0 Å². The normalized spacial score (nSPS) is 10.1. The van der Waals surface area contributed by atoms with Gasteiger partial charge < -0.3 is 9.14 Å². The van der Waals surface area contributed by atoms with E-state index < -0.39 is 7.12 Å². The van der Waals surface area contributed by atoms with E-state index in [2.05, 4.69) is 0 Å². The average Bonchev–Trinajstić information content (AvgIpc) is 2.64. The Kier molecular flexibility index (Phi) is 5.73. The number of hydrogen-bond acceptors (Lipinski definition) is 2. The predicted molar refractivity (Wildman–Crippen MR) is 97.7 cm³/mol. The minimum Gasteiger partial charge on any atom is -0.471 e. The molecule has 0 saturated heterocycles. The fraction of sp³-hybridized carbons (Fsp3) is 0. The fourth-order valence-electron chi connectivity index (χ4n) is 2.14. The van der Waals surface area contributed by atoms with Crippen LogP contribution in [0.15, 0.2) is 91.0 Å². The number of benzene rings is 3. The van der Waals surface area contributed by atoms with Crippen molar-refractivity contribution in [1.82, 2.24) is 0 Å². The van der Waals surface area contributed by atoms with Crippen LogP contribution < -0.4 is 16.4 Å². The lowest BCUT2D eigenvalue weighted by Gasteiger charge is -2.15. The van der Waals surface area contributed by atoms with Crippen LogP contribution in [0.25, 0.3) is 0 Å². The van der Waals surface area contributed by atoms with Crippen molar-refractivity contribution in [2.24, 2.45) is 0 Å². The highest BCUT2D eigenvalue weighted by Crippen LogP contribution is 1.94. The first-order valence-corrected chi connectivity index (χ1v) is 7.54. The molecule has 0 N–H and O–H groups in total. The molecule has 3 aromatic rings. The first kappa shape index (κ1) is 15.7. The predicted octanol–water partition coefficient (Wildman–Crippen LogP) is 1.30. The summed E-state index contributed by atoms with van der Waals surface area (Å²) in [7, 11) is 2.95.